The number of hydrogen-bond donors (Lipinski definition) is 2. The molecule has 22 heavy (non-hydrogen) atoms. The molecule has 5 heteroatoms. The fraction of sp³-hybridized carbons (Fsp3) is 0.882. The van der Waals surface area contributed by atoms with Crippen LogP contribution in [0, 0.1) is 11.8 Å². The minimum atomic E-state index is -0.323. The Balaban J connectivity index is 0.000000235. The van der Waals surface area contributed by atoms with Gasteiger partial charge in [-0.25, -0.2) is 0 Å². The summed E-state index contributed by atoms with van der Waals surface area (Å²) in [5.74, 6) is 0.845. The first kappa shape index (κ1) is 19.1. The van der Waals surface area contributed by atoms with Crippen molar-refractivity contribution in [2.45, 2.75) is 77.4 Å². The highest BCUT2D eigenvalue weighted by Crippen LogP contribution is 2.29. The molecule has 0 aromatic rings. The van der Waals surface area contributed by atoms with Crippen LogP contribution in [0.2, 0.25) is 0 Å². The lowest BCUT2D eigenvalue weighted by Gasteiger charge is -2.25. The zero-order valence-corrected chi connectivity index (χ0v) is 13.9. The van der Waals surface area contributed by atoms with E-state index in [9.17, 15) is 14.7 Å². The Morgan fingerprint density at radius 2 is 1.73 bits per heavy atom. The number of carbonyl (C=O) groups excluding carboxylic acids is 2. The highest BCUT2D eigenvalue weighted by Gasteiger charge is 2.26. The molecule has 0 aliphatic heterocycles. The number of amides is 1. The van der Waals surface area contributed by atoms with Gasteiger partial charge in [0.05, 0.1) is 18.8 Å². The molecule has 2 fully saturated rings. The number of aliphatic hydroxyl groups excluding tert-OH is 1. The summed E-state index contributed by atoms with van der Waals surface area (Å²) in [7, 11) is 0. The van der Waals surface area contributed by atoms with Gasteiger partial charge in [-0.1, -0.05) is 20.3 Å². The second kappa shape index (κ2) is 9.95. The number of aliphatic hydroxyl groups is 1. The van der Waals surface area contributed by atoms with Gasteiger partial charge in [-0.05, 0) is 38.5 Å². The van der Waals surface area contributed by atoms with E-state index in [1.54, 1.807) is 0 Å². The summed E-state index contributed by atoms with van der Waals surface area (Å²) in [6.45, 7) is 4.39. The molecular weight excluding hydrogens is 282 g/mol. The molecule has 2 rings (SSSR count). The Kier molecular flexibility index (Phi) is 8.64. The van der Waals surface area contributed by atoms with Gasteiger partial charge in [-0.15, -0.1) is 0 Å². The SMILES string of the molecule is CC(C)C(=O)C1CCC1.NC(=O)CCOC1CCC(O)CC1. The van der Waals surface area contributed by atoms with E-state index in [0.717, 1.165) is 38.5 Å². The lowest BCUT2D eigenvalue weighted by molar-refractivity contribution is -0.128. The smallest absolute Gasteiger partial charge is 0.219 e. The second-order valence-corrected chi connectivity index (χ2v) is 6.70. The summed E-state index contributed by atoms with van der Waals surface area (Å²) in [4.78, 5) is 21.5. The number of primary amides is 1. The van der Waals surface area contributed by atoms with E-state index >= 15 is 0 Å². The predicted molar refractivity (Wildman–Crippen MR) is 85.2 cm³/mol. The van der Waals surface area contributed by atoms with Crippen LogP contribution >= 0.6 is 0 Å². The molecule has 2 aliphatic rings. The van der Waals surface area contributed by atoms with Crippen molar-refractivity contribution in [2.24, 2.45) is 17.6 Å². The number of nitrogens with two attached hydrogens (primary N) is 1. The second-order valence-electron chi connectivity index (χ2n) is 6.70. The molecule has 0 bridgehead atoms. The van der Waals surface area contributed by atoms with Crippen LogP contribution < -0.4 is 5.73 Å². The summed E-state index contributed by atoms with van der Waals surface area (Å²) < 4.78 is 5.43. The molecule has 2 saturated carbocycles. The first-order chi connectivity index (χ1) is 10.4. The maximum absolute atomic E-state index is 11.1. The average Bonchev–Trinajstić information content (AvgIpc) is 2.39. The van der Waals surface area contributed by atoms with Crippen LogP contribution in [-0.2, 0) is 14.3 Å². The molecule has 0 radical (unpaired) electrons. The molecule has 2 aliphatic carbocycles. The highest BCUT2D eigenvalue weighted by atomic mass is 16.5. The van der Waals surface area contributed by atoms with E-state index in [0.29, 0.717) is 24.7 Å². The molecule has 0 aromatic heterocycles. The first-order valence-electron chi connectivity index (χ1n) is 8.51. The maximum Gasteiger partial charge on any atom is 0.219 e. The summed E-state index contributed by atoms with van der Waals surface area (Å²) in [5, 5.41) is 9.21. The van der Waals surface area contributed by atoms with Crippen molar-refractivity contribution in [1.82, 2.24) is 0 Å². The minimum absolute atomic E-state index is 0.156. The molecule has 0 spiro atoms. The van der Waals surface area contributed by atoms with Crippen molar-refractivity contribution >= 4 is 11.7 Å². The molecule has 3 N–H and O–H groups in total. The van der Waals surface area contributed by atoms with Crippen LogP contribution in [0.1, 0.15) is 65.2 Å². The molecule has 128 valence electrons. The number of carbonyl (C=O) groups is 2. The average molecular weight is 313 g/mol. The Hall–Kier alpha value is -0.940. The van der Waals surface area contributed by atoms with Crippen LogP contribution in [0.15, 0.2) is 0 Å². The van der Waals surface area contributed by atoms with Gasteiger partial charge in [-0.2, -0.15) is 0 Å². The van der Waals surface area contributed by atoms with Crippen LogP contribution in [0.5, 0.6) is 0 Å². The maximum atomic E-state index is 11.1. The van der Waals surface area contributed by atoms with E-state index in [1.807, 2.05) is 13.8 Å². The normalized spacial score (nSPS) is 25.1. The lowest BCUT2D eigenvalue weighted by Crippen LogP contribution is -2.25. The molecule has 5 nitrogen and oxygen atoms in total. The fourth-order valence-corrected chi connectivity index (χ4v) is 2.70. The highest BCUT2D eigenvalue weighted by molar-refractivity contribution is 5.83. The van der Waals surface area contributed by atoms with Gasteiger partial charge >= 0.3 is 0 Å². The zero-order valence-electron chi connectivity index (χ0n) is 13.9. The Morgan fingerprint density at radius 3 is 2.09 bits per heavy atom. The third-order valence-corrected chi connectivity index (χ3v) is 4.42. The zero-order chi connectivity index (χ0) is 16.5. The van der Waals surface area contributed by atoms with Gasteiger partial charge in [0.1, 0.15) is 5.78 Å². The molecule has 0 atom stereocenters. The van der Waals surface area contributed by atoms with Gasteiger partial charge in [0, 0.05) is 18.3 Å². The number of hydrogen-bond acceptors (Lipinski definition) is 4. The topological polar surface area (TPSA) is 89.6 Å². The molecular formula is C17H31NO4. The molecule has 0 saturated heterocycles. The predicted octanol–water partition coefficient (Wildman–Crippen LogP) is 2.19. The Labute approximate surface area is 133 Å². The number of ketones is 1. The largest absolute Gasteiger partial charge is 0.393 e. The van der Waals surface area contributed by atoms with Crippen LogP contribution in [0.3, 0.4) is 0 Å². The first-order valence-corrected chi connectivity index (χ1v) is 8.51. The van der Waals surface area contributed by atoms with Gasteiger partial charge in [-0.3, -0.25) is 9.59 Å². The quantitative estimate of drug-likeness (QED) is 0.786. The Bertz CT molecular complexity index is 345. The monoisotopic (exact) mass is 313 g/mol. The van der Waals surface area contributed by atoms with Crippen molar-refractivity contribution in [1.29, 1.82) is 0 Å². The van der Waals surface area contributed by atoms with Gasteiger partial charge < -0.3 is 15.6 Å². The molecule has 0 heterocycles. The fourth-order valence-electron chi connectivity index (χ4n) is 2.70. The third-order valence-electron chi connectivity index (χ3n) is 4.42. The standard InChI is InChI=1S/C9H17NO3.C8H14O/c10-9(12)5-6-13-8-3-1-7(11)2-4-8;1-6(2)8(9)7-4-3-5-7/h7-8,11H,1-6H2,(H2,10,12);6-7H,3-5H2,1-2H3. The summed E-state index contributed by atoms with van der Waals surface area (Å²) in [6.07, 6.45) is 7.30. The van der Waals surface area contributed by atoms with Gasteiger partial charge in [0.2, 0.25) is 5.91 Å². The Morgan fingerprint density at radius 1 is 1.14 bits per heavy atom. The van der Waals surface area contributed by atoms with Crippen LogP contribution in [0.25, 0.3) is 0 Å². The van der Waals surface area contributed by atoms with E-state index in [4.69, 9.17) is 10.5 Å². The van der Waals surface area contributed by atoms with Crippen LogP contribution in [-0.4, -0.2) is 35.6 Å². The van der Waals surface area contributed by atoms with Gasteiger partial charge in [0.15, 0.2) is 0 Å². The van der Waals surface area contributed by atoms with Crippen molar-refractivity contribution < 1.29 is 19.4 Å². The minimum Gasteiger partial charge on any atom is -0.393 e. The van der Waals surface area contributed by atoms with Gasteiger partial charge in [0.25, 0.3) is 0 Å². The summed E-state index contributed by atoms with van der Waals surface area (Å²) in [6, 6.07) is 0. The van der Waals surface area contributed by atoms with E-state index < -0.39 is 0 Å². The van der Waals surface area contributed by atoms with Crippen LogP contribution in [0.4, 0.5) is 0 Å². The summed E-state index contributed by atoms with van der Waals surface area (Å²) in [5.41, 5.74) is 4.97. The van der Waals surface area contributed by atoms with E-state index in [2.05, 4.69) is 0 Å². The lowest BCUT2D eigenvalue weighted by atomic mass is 9.79. The molecule has 1 amide bonds. The third kappa shape index (κ3) is 7.36. The van der Waals surface area contributed by atoms with Crippen molar-refractivity contribution in [2.75, 3.05) is 6.61 Å². The summed E-state index contributed by atoms with van der Waals surface area (Å²) >= 11 is 0. The number of rotatable bonds is 6. The number of ether oxygens (including phenoxy) is 1. The van der Waals surface area contributed by atoms with E-state index in [-0.39, 0.29) is 24.0 Å². The molecule has 0 unspecified atom stereocenters. The molecule has 0 aromatic carbocycles. The van der Waals surface area contributed by atoms with Crippen molar-refractivity contribution in [3.63, 3.8) is 0 Å². The number of Topliss-reactive ketones (excluding diaryl/α,β-unsaturated/α-hetero) is 1. The van der Waals surface area contributed by atoms with Crippen molar-refractivity contribution in [3.05, 3.63) is 0 Å². The van der Waals surface area contributed by atoms with E-state index in [1.165, 1.54) is 6.42 Å². The van der Waals surface area contributed by atoms with Crippen molar-refractivity contribution in [3.8, 4) is 0 Å².